The summed E-state index contributed by atoms with van der Waals surface area (Å²) in [5, 5.41) is 0. The Bertz CT molecular complexity index is 1170. The molecule has 3 heterocycles. The van der Waals surface area contributed by atoms with Gasteiger partial charge in [-0.25, -0.2) is 9.37 Å². The first-order chi connectivity index (χ1) is 16.5. The second-order valence-electron chi connectivity index (χ2n) is 9.32. The van der Waals surface area contributed by atoms with E-state index in [1.807, 2.05) is 31.2 Å². The van der Waals surface area contributed by atoms with Crippen LogP contribution in [0.2, 0.25) is 0 Å². The van der Waals surface area contributed by atoms with Crippen LogP contribution >= 0.6 is 0 Å². The maximum absolute atomic E-state index is 13.3. The molecule has 176 valence electrons. The van der Waals surface area contributed by atoms with Crippen LogP contribution in [0.3, 0.4) is 0 Å². The fraction of sp³-hybridized carbons (Fsp3) is 0.370. The van der Waals surface area contributed by atoms with E-state index in [4.69, 9.17) is 14.7 Å². The predicted molar refractivity (Wildman–Crippen MR) is 129 cm³/mol. The van der Waals surface area contributed by atoms with Crippen molar-refractivity contribution in [3.05, 3.63) is 76.7 Å². The number of benzene rings is 2. The molecule has 0 atom stereocenters. The van der Waals surface area contributed by atoms with Gasteiger partial charge in [0.05, 0.1) is 17.8 Å². The van der Waals surface area contributed by atoms with Crippen LogP contribution in [-0.2, 0) is 13.0 Å². The lowest BCUT2D eigenvalue weighted by Gasteiger charge is -2.33. The summed E-state index contributed by atoms with van der Waals surface area (Å²) in [5.74, 6) is 2.11. The van der Waals surface area contributed by atoms with Gasteiger partial charge >= 0.3 is 0 Å². The van der Waals surface area contributed by atoms with Gasteiger partial charge in [0, 0.05) is 31.6 Å². The van der Waals surface area contributed by atoms with Gasteiger partial charge in [-0.15, -0.1) is 0 Å². The van der Waals surface area contributed by atoms with E-state index in [9.17, 15) is 9.18 Å². The predicted octanol–water partition coefficient (Wildman–Crippen LogP) is 5.15. The summed E-state index contributed by atoms with van der Waals surface area (Å²) in [5.41, 5.74) is 3.37. The molecule has 5 rings (SSSR count). The molecule has 1 amide bonds. The quantitative estimate of drug-likeness (QED) is 0.539. The monoisotopic (exact) mass is 460 g/mol. The molecule has 0 radical (unpaired) electrons. The van der Waals surface area contributed by atoms with Crippen LogP contribution in [0.15, 0.2) is 48.5 Å². The van der Waals surface area contributed by atoms with Crippen LogP contribution in [0, 0.1) is 18.7 Å². The topological polar surface area (TPSA) is 58.6 Å². The first-order valence-corrected chi connectivity index (χ1v) is 11.9. The number of aryl methyl sites for hydroxylation is 1. The number of rotatable bonds is 4. The van der Waals surface area contributed by atoms with Crippen molar-refractivity contribution < 1.29 is 13.9 Å². The molecular formula is C27H29FN4O2. The summed E-state index contributed by atoms with van der Waals surface area (Å²) < 4.78 is 19.6. The van der Waals surface area contributed by atoms with Gasteiger partial charge in [0.15, 0.2) is 0 Å². The van der Waals surface area contributed by atoms with E-state index in [1.165, 1.54) is 24.3 Å². The molecule has 3 aromatic rings. The molecule has 6 nitrogen and oxygen atoms in total. The van der Waals surface area contributed by atoms with Crippen molar-refractivity contribution in [2.24, 2.45) is 5.92 Å². The van der Waals surface area contributed by atoms with Gasteiger partial charge in [-0.2, -0.15) is 4.98 Å². The Morgan fingerprint density at radius 2 is 1.71 bits per heavy atom. The lowest BCUT2D eigenvalue weighted by Crippen LogP contribution is -2.38. The lowest BCUT2D eigenvalue weighted by molar-refractivity contribution is 0.0732. The summed E-state index contributed by atoms with van der Waals surface area (Å²) in [7, 11) is 0. The largest absolute Gasteiger partial charge is 0.438 e. The van der Waals surface area contributed by atoms with E-state index in [0.29, 0.717) is 48.6 Å². The number of fused-ring (bicyclic) bond motifs is 1. The van der Waals surface area contributed by atoms with Gasteiger partial charge in [-0.05, 0) is 62.1 Å². The van der Waals surface area contributed by atoms with Crippen molar-refractivity contribution >= 4 is 11.9 Å². The van der Waals surface area contributed by atoms with Crippen LogP contribution in [0.25, 0.3) is 0 Å². The fourth-order valence-corrected chi connectivity index (χ4v) is 4.47. The van der Waals surface area contributed by atoms with Gasteiger partial charge in [-0.1, -0.05) is 24.6 Å². The summed E-state index contributed by atoms with van der Waals surface area (Å²) in [6, 6.07) is 13.5. The molecule has 34 heavy (non-hydrogen) atoms. The van der Waals surface area contributed by atoms with Crippen molar-refractivity contribution in [2.75, 3.05) is 24.5 Å². The number of ether oxygens (including phenoxy) is 1. The average molecular weight is 461 g/mol. The van der Waals surface area contributed by atoms with E-state index >= 15 is 0 Å². The zero-order valence-electron chi connectivity index (χ0n) is 19.6. The minimum absolute atomic E-state index is 0.138. The minimum Gasteiger partial charge on any atom is -0.438 e. The second-order valence-corrected chi connectivity index (χ2v) is 9.32. The SMILES string of the molecule is Cc1ccc(Oc2nc(N3CCC(C)CC3)nc3c2CN(C(=O)c2ccc(F)cc2)CC3)cc1. The Balaban J connectivity index is 1.46. The Labute approximate surface area is 199 Å². The molecule has 1 fully saturated rings. The molecule has 0 saturated carbocycles. The smallest absolute Gasteiger partial charge is 0.254 e. The normalized spacial score (nSPS) is 16.3. The molecule has 1 aromatic heterocycles. The number of halogens is 1. The molecule has 0 unspecified atom stereocenters. The van der Waals surface area contributed by atoms with Crippen LogP contribution < -0.4 is 9.64 Å². The number of hydrogen-bond donors (Lipinski definition) is 0. The van der Waals surface area contributed by atoms with Gasteiger partial charge in [0.2, 0.25) is 11.8 Å². The van der Waals surface area contributed by atoms with Gasteiger partial charge < -0.3 is 14.5 Å². The van der Waals surface area contributed by atoms with Crippen molar-refractivity contribution in [1.82, 2.24) is 14.9 Å². The molecule has 7 heteroatoms. The number of aromatic nitrogens is 2. The first-order valence-electron chi connectivity index (χ1n) is 11.9. The Kier molecular flexibility index (Phi) is 6.18. The summed E-state index contributed by atoms with van der Waals surface area (Å²) >= 11 is 0. The second kappa shape index (κ2) is 9.41. The number of nitrogens with zero attached hydrogens (tertiary/aromatic N) is 4. The molecule has 0 spiro atoms. The molecule has 2 aromatic carbocycles. The highest BCUT2D eigenvalue weighted by Crippen LogP contribution is 2.33. The third-order valence-corrected chi connectivity index (χ3v) is 6.69. The van der Waals surface area contributed by atoms with Gasteiger partial charge in [0.1, 0.15) is 11.6 Å². The highest BCUT2D eigenvalue weighted by Gasteiger charge is 2.29. The molecule has 0 aliphatic carbocycles. The molecule has 2 aliphatic heterocycles. The highest BCUT2D eigenvalue weighted by atomic mass is 19.1. The van der Waals surface area contributed by atoms with Crippen molar-refractivity contribution in [3.63, 3.8) is 0 Å². The first kappa shape index (κ1) is 22.3. The number of hydrogen-bond acceptors (Lipinski definition) is 5. The number of carbonyl (C=O) groups excluding carboxylic acids is 1. The summed E-state index contributed by atoms with van der Waals surface area (Å²) in [6.45, 7) is 7.07. The van der Waals surface area contributed by atoms with Crippen LogP contribution in [-0.4, -0.2) is 40.4 Å². The average Bonchev–Trinajstić information content (AvgIpc) is 2.85. The fourth-order valence-electron chi connectivity index (χ4n) is 4.47. The number of piperidine rings is 1. The van der Waals surface area contributed by atoms with Crippen molar-refractivity contribution in [2.45, 2.75) is 39.7 Å². The number of amides is 1. The van der Waals surface area contributed by atoms with Crippen LogP contribution in [0.4, 0.5) is 10.3 Å². The van der Waals surface area contributed by atoms with E-state index in [2.05, 4.69) is 11.8 Å². The third kappa shape index (κ3) is 4.74. The Morgan fingerprint density at radius 3 is 2.41 bits per heavy atom. The maximum atomic E-state index is 13.3. The number of anilines is 1. The zero-order valence-corrected chi connectivity index (χ0v) is 19.6. The molecule has 1 saturated heterocycles. The maximum Gasteiger partial charge on any atom is 0.254 e. The van der Waals surface area contributed by atoms with Crippen LogP contribution in [0.5, 0.6) is 11.6 Å². The molecule has 0 N–H and O–H groups in total. The highest BCUT2D eigenvalue weighted by molar-refractivity contribution is 5.94. The van der Waals surface area contributed by atoms with Crippen molar-refractivity contribution in [1.29, 1.82) is 0 Å². The molecular weight excluding hydrogens is 431 g/mol. The third-order valence-electron chi connectivity index (χ3n) is 6.69. The van der Waals surface area contributed by atoms with E-state index in [0.717, 1.165) is 42.8 Å². The lowest BCUT2D eigenvalue weighted by atomic mass is 9.99. The minimum atomic E-state index is -0.359. The van der Waals surface area contributed by atoms with E-state index in [-0.39, 0.29) is 11.7 Å². The Morgan fingerprint density at radius 1 is 1.00 bits per heavy atom. The molecule has 2 aliphatic rings. The van der Waals surface area contributed by atoms with Crippen molar-refractivity contribution in [3.8, 4) is 11.6 Å². The zero-order chi connectivity index (χ0) is 23.7. The van der Waals surface area contributed by atoms with E-state index < -0.39 is 0 Å². The molecule has 0 bridgehead atoms. The standard InChI is InChI=1S/C27H29FN4O2/c1-18-3-9-22(10-4-18)34-25-23-17-32(26(33)20-5-7-21(28)8-6-20)16-13-24(23)29-27(30-25)31-14-11-19(2)12-15-31/h3-10,19H,11-17H2,1-2H3. The van der Waals surface area contributed by atoms with Crippen LogP contribution in [0.1, 0.15) is 46.9 Å². The summed E-state index contributed by atoms with van der Waals surface area (Å²) in [6.07, 6.45) is 2.86. The van der Waals surface area contributed by atoms with Gasteiger partial charge in [-0.3, -0.25) is 4.79 Å². The summed E-state index contributed by atoms with van der Waals surface area (Å²) in [4.78, 5) is 26.8. The number of carbonyl (C=O) groups is 1. The van der Waals surface area contributed by atoms with E-state index in [1.54, 1.807) is 4.90 Å². The van der Waals surface area contributed by atoms with Gasteiger partial charge in [0.25, 0.3) is 5.91 Å². The Hall–Kier alpha value is -3.48.